The van der Waals surface area contributed by atoms with E-state index >= 15 is 0 Å². The number of rotatable bonds is 8. The van der Waals surface area contributed by atoms with Crippen molar-refractivity contribution < 1.29 is 9.47 Å². The van der Waals surface area contributed by atoms with Gasteiger partial charge in [0.1, 0.15) is 0 Å². The van der Waals surface area contributed by atoms with Gasteiger partial charge in [-0.1, -0.05) is 17.8 Å². The van der Waals surface area contributed by atoms with Crippen molar-refractivity contribution in [2.24, 2.45) is 5.10 Å². The maximum Gasteiger partial charge on any atom is 0.240 e. The largest absolute Gasteiger partial charge is 0.493 e. The molecular weight excluding hydrogens is 314 g/mol. The van der Waals surface area contributed by atoms with Crippen molar-refractivity contribution in [3.05, 3.63) is 36.4 Å². The maximum absolute atomic E-state index is 5.29. The number of methoxy groups -OCH3 is 2. The van der Waals surface area contributed by atoms with Gasteiger partial charge < -0.3 is 9.47 Å². The minimum Gasteiger partial charge on any atom is -0.493 e. The number of ether oxygens (including phenoxy) is 2. The zero-order valence-corrected chi connectivity index (χ0v) is 14.1. The van der Waals surface area contributed by atoms with Gasteiger partial charge in [0.2, 0.25) is 11.1 Å². The van der Waals surface area contributed by atoms with Gasteiger partial charge in [-0.05, 0) is 25.1 Å². The lowest BCUT2D eigenvalue weighted by Gasteiger charge is -2.09. The van der Waals surface area contributed by atoms with E-state index in [0.29, 0.717) is 22.6 Å². The van der Waals surface area contributed by atoms with Crippen LogP contribution in [0.2, 0.25) is 0 Å². The van der Waals surface area contributed by atoms with Crippen LogP contribution in [0, 0.1) is 0 Å². The molecule has 0 aliphatic rings. The van der Waals surface area contributed by atoms with Crippen molar-refractivity contribution in [2.45, 2.75) is 12.1 Å². The summed E-state index contributed by atoms with van der Waals surface area (Å²) in [4.78, 5) is 4.26. The van der Waals surface area contributed by atoms with Crippen molar-refractivity contribution in [3.63, 3.8) is 0 Å². The number of thioether (sulfide) groups is 1. The topological polar surface area (TPSA) is 84.4 Å². The van der Waals surface area contributed by atoms with Crippen LogP contribution in [0.4, 0.5) is 5.95 Å². The number of nitrogens with one attached hydrogen (secondary N) is 2. The third kappa shape index (κ3) is 4.49. The number of hydrazone groups is 1. The molecular formula is C15H19N5O2S. The Balaban J connectivity index is 2.07. The molecule has 8 heteroatoms. The van der Waals surface area contributed by atoms with Gasteiger partial charge in [-0.3, -0.25) is 0 Å². The number of aromatic nitrogens is 3. The third-order valence-corrected chi connectivity index (χ3v) is 3.77. The normalized spacial score (nSPS) is 11.2. The van der Waals surface area contributed by atoms with E-state index in [1.54, 1.807) is 20.3 Å². The highest BCUT2D eigenvalue weighted by molar-refractivity contribution is 7.99. The summed E-state index contributed by atoms with van der Waals surface area (Å²) < 4.78 is 10.5. The molecule has 1 heterocycles. The van der Waals surface area contributed by atoms with Crippen LogP contribution in [-0.4, -0.2) is 40.9 Å². The van der Waals surface area contributed by atoms with Crippen molar-refractivity contribution in [1.82, 2.24) is 15.2 Å². The first-order valence-corrected chi connectivity index (χ1v) is 7.85. The molecule has 1 aromatic heterocycles. The van der Waals surface area contributed by atoms with Crippen molar-refractivity contribution >= 4 is 23.4 Å². The summed E-state index contributed by atoms with van der Waals surface area (Å²) in [5.74, 6) is 2.57. The van der Waals surface area contributed by atoms with Crippen molar-refractivity contribution in [2.75, 3.05) is 25.4 Å². The molecule has 0 saturated carbocycles. The van der Waals surface area contributed by atoms with E-state index in [1.807, 2.05) is 25.1 Å². The number of hydrogen-bond acceptors (Lipinski definition) is 7. The lowest BCUT2D eigenvalue weighted by molar-refractivity contribution is 0.355. The Bertz CT molecular complexity index is 699. The quantitative estimate of drug-likeness (QED) is 0.334. The molecule has 0 atom stereocenters. The molecule has 122 valence electrons. The summed E-state index contributed by atoms with van der Waals surface area (Å²) in [5, 5.41) is 11.8. The van der Waals surface area contributed by atoms with Gasteiger partial charge in [-0.2, -0.15) is 10.1 Å². The van der Waals surface area contributed by atoms with Gasteiger partial charge in [0.05, 0.1) is 19.9 Å². The van der Waals surface area contributed by atoms with Gasteiger partial charge >= 0.3 is 0 Å². The average Bonchev–Trinajstić information content (AvgIpc) is 3.05. The first kappa shape index (κ1) is 16.9. The molecule has 23 heavy (non-hydrogen) atoms. The zero-order chi connectivity index (χ0) is 16.7. The molecule has 0 aliphatic heterocycles. The van der Waals surface area contributed by atoms with Crippen LogP contribution in [0.15, 0.2) is 41.1 Å². The number of hydrogen-bond donors (Lipinski definition) is 2. The van der Waals surface area contributed by atoms with Crippen LogP contribution in [-0.2, 0) is 0 Å². The molecule has 0 fully saturated rings. The monoisotopic (exact) mass is 333 g/mol. The summed E-state index contributed by atoms with van der Waals surface area (Å²) in [5.41, 5.74) is 4.55. The van der Waals surface area contributed by atoms with Gasteiger partial charge in [-0.15, -0.1) is 11.7 Å². The Hall–Kier alpha value is -2.48. The minimum absolute atomic E-state index is 0.483. The summed E-state index contributed by atoms with van der Waals surface area (Å²) in [6, 6.07) is 5.62. The molecule has 0 unspecified atom stereocenters. The first-order valence-electron chi connectivity index (χ1n) is 6.86. The highest BCUT2D eigenvalue weighted by Crippen LogP contribution is 2.27. The van der Waals surface area contributed by atoms with E-state index in [-0.39, 0.29) is 0 Å². The van der Waals surface area contributed by atoms with Crippen LogP contribution in [0.3, 0.4) is 0 Å². The molecule has 2 rings (SSSR count). The van der Waals surface area contributed by atoms with Gasteiger partial charge in [0.25, 0.3) is 0 Å². The molecule has 2 aromatic rings. The van der Waals surface area contributed by atoms with E-state index < -0.39 is 0 Å². The lowest BCUT2D eigenvalue weighted by atomic mass is 10.1. The standard InChI is InChI=1S/C15H19N5O2S/c1-5-8-23-15-16-14(19-20-15)18-17-10(2)11-6-7-12(21-3)13(9-11)22-4/h5-7,9H,1,8H2,2-4H3,(H2,16,18,19,20)/b17-10+. The number of anilines is 1. The molecule has 0 bridgehead atoms. The Labute approximate surface area is 139 Å². The highest BCUT2D eigenvalue weighted by atomic mass is 32.2. The molecule has 7 nitrogen and oxygen atoms in total. The second-order valence-corrected chi connectivity index (χ2v) is 5.43. The lowest BCUT2D eigenvalue weighted by Crippen LogP contribution is -2.02. The fourth-order valence-electron chi connectivity index (χ4n) is 1.76. The number of nitrogens with zero attached hydrogens (tertiary/aromatic N) is 3. The van der Waals surface area contributed by atoms with E-state index in [2.05, 4.69) is 32.3 Å². The second-order valence-electron chi connectivity index (χ2n) is 4.45. The third-order valence-electron chi connectivity index (χ3n) is 2.93. The molecule has 0 spiro atoms. The second kappa shape index (κ2) is 8.23. The van der Waals surface area contributed by atoms with Crippen LogP contribution < -0.4 is 14.9 Å². The average molecular weight is 333 g/mol. The Morgan fingerprint density at radius 2 is 2.17 bits per heavy atom. The Morgan fingerprint density at radius 1 is 1.39 bits per heavy atom. The van der Waals surface area contributed by atoms with Crippen LogP contribution in [0.25, 0.3) is 0 Å². The van der Waals surface area contributed by atoms with Crippen LogP contribution in [0.5, 0.6) is 11.5 Å². The predicted octanol–water partition coefficient (Wildman–Crippen LogP) is 2.94. The molecule has 2 N–H and O–H groups in total. The fourth-order valence-corrected chi connectivity index (χ4v) is 2.29. The van der Waals surface area contributed by atoms with E-state index in [4.69, 9.17) is 9.47 Å². The smallest absolute Gasteiger partial charge is 0.240 e. The van der Waals surface area contributed by atoms with Crippen molar-refractivity contribution in [1.29, 1.82) is 0 Å². The van der Waals surface area contributed by atoms with Crippen LogP contribution in [0.1, 0.15) is 12.5 Å². The summed E-state index contributed by atoms with van der Waals surface area (Å²) in [7, 11) is 3.20. The molecule has 0 aliphatic carbocycles. The number of aromatic amines is 1. The zero-order valence-electron chi connectivity index (χ0n) is 13.3. The van der Waals surface area contributed by atoms with Crippen molar-refractivity contribution in [3.8, 4) is 11.5 Å². The highest BCUT2D eigenvalue weighted by Gasteiger charge is 2.07. The minimum atomic E-state index is 0.483. The summed E-state index contributed by atoms with van der Waals surface area (Å²) in [6.45, 7) is 5.55. The predicted molar refractivity (Wildman–Crippen MR) is 92.7 cm³/mol. The van der Waals surface area contributed by atoms with Gasteiger partial charge in [-0.25, -0.2) is 10.5 Å². The molecule has 0 radical (unpaired) electrons. The Morgan fingerprint density at radius 3 is 2.87 bits per heavy atom. The van der Waals surface area contributed by atoms with Gasteiger partial charge in [0.15, 0.2) is 11.5 Å². The number of benzene rings is 1. The van der Waals surface area contributed by atoms with E-state index in [9.17, 15) is 0 Å². The number of H-pyrrole nitrogens is 1. The van der Waals surface area contributed by atoms with Gasteiger partial charge in [0, 0.05) is 11.3 Å². The van der Waals surface area contributed by atoms with E-state index in [0.717, 1.165) is 17.0 Å². The van der Waals surface area contributed by atoms with Crippen LogP contribution >= 0.6 is 11.8 Å². The molecule has 1 aromatic carbocycles. The Kier molecular flexibility index (Phi) is 6.04. The summed E-state index contributed by atoms with van der Waals surface area (Å²) in [6.07, 6.45) is 1.80. The van der Waals surface area contributed by atoms with E-state index in [1.165, 1.54) is 11.8 Å². The molecule has 0 saturated heterocycles. The maximum atomic E-state index is 5.29. The SMILES string of the molecule is C=CCSc1n[nH]c(N/N=C(\C)c2ccc(OC)c(OC)c2)n1. The first-order chi connectivity index (χ1) is 11.2. The molecule has 0 amide bonds. The fraction of sp³-hybridized carbons (Fsp3) is 0.267. The summed E-state index contributed by atoms with van der Waals surface area (Å²) >= 11 is 1.49.